The summed E-state index contributed by atoms with van der Waals surface area (Å²) in [5, 5.41) is 14.9. The monoisotopic (exact) mass is 532 g/mol. The van der Waals surface area contributed by atoms with Crippen molar-refractivity contribution in [3.8, 4) is 5.75 Å². The van der Waals surface area contributed by atoms with Crippen LogP contribution in [0.5, 0.6) is 5.75 Å². The zero-order valence-corrected chi connectivity index (χ0v) is 20.1. The first-order valence-electron chi connectivity index (χ1n) is 9.82. The van der Waals surface area contributed by atoms with E-state index in [0.29, 0.717) is 19.0 Å². The molecule has 1 aromatic carbocycles. The van der Waals surface area contributed by atoms with Crippen LogP contribution in [0.15, 0.2) is 23.2 Å². The van der Waals surface area contributed by atoms with Gasteiger partial charge in [0, 0.05) is 20.2 Å². The van der Waals surface area contributed by atoms with Gasteiger partial charge in [0.2, 0.25) is 0 Å². The number of halogens is 2. The molecular weight excluding hydrogens is 502 g/mol. The second-order valence-electron chi connectivity index (χ2n) is 7.16. The molecule has 1 aliphatic rings. The first kappa shape index (κ1) is 24.3. The molecule has 3 rings (SSSR count). The Morgan fingerprint density at radius 3 is 2.83 bits per heavy atom. The topological polar surface area (TPSA) is 85.6 Å². The van der Waals surface area contributed by atoms with Gasteiger partial charge in [-0.2, -0.15) is 0 Å². The molecule has 0 spiro atoms. The third-order valence-corrected chi connectivity index (χ3v) is 5.11. The van der Waals surface area contributed by atoms with Gasteiger partial charge in [-0.15, -0.1) is 34.2 Å². The van der Waals surface area contributed by atoms with Gasteiger partial charge in [0.1, 0.15) is 12.4 Å². The molecule has 2 aromatic rings. The molecular formula is C20H30FIN6O2. The summed E-state index contributed by atoms with van der Waals surface area (Å²) in [6.45, 7) is 5.69. The van der Waals surface area contributed by atoms with Crippen molar-refractivity contribution < 1.29 is 13.9 Å². The maximum Gasteiger partial charge on any atom is 0.192 e. The number of hydrogen-bond donors (Lipinski definition) is 2. The van der Waals surface area contributed by atoms with Crippen LogP contribution in [0.1, 0.15) is 43.0 Å². The van der Waals surface area contributed by atoms with Crippen LogP contribution in [0.3, 0.4) is 0 Å². The molecule has 0 bridgehead atoms. The van der Waals surface area contributed by atoms with Crippen molar-refractivity contribution in [2.75, 3.05) is 20.3 Å². The molecule has 2 atom stereocenters. The smallest absolute Gasteiger partial charge is 0.192 e. The van der Waals surface area contributed by atoms with Crippen LogP contribution in [0.2, 0.25) is 0 Å². The van der Waals surface area contributed by atoms with E-state index in [9.17, 15) is 4.39 Å². The molecule has 1 aromatic heterocycles. The van der Waals surface area contributed by atoms with Crippen molar-refractivity contribution in [3.05, 3.63) is 41.2 Å². The third-order valence-electron chi connectivity index (χ3n) is 5.11. The van der Waals surface area contributed by atoms with Crippen molar-refractivity contribution in [2.45, 2.75) is 45.4 Å². The van der Waals surface area contributed by atoms with Crippen LogP contribution < -0.4 is 15.4 Å². The van der Waals surface area contributed by atoms with Gasteiger partial charge in [-0.05, 0) is 44.4 Å². The van der Waals surface area contributed by atoms with Crippen molar-refractivity contribution in [1.82, 2.24) is 25.4 Å². The number of rotatable bonds is 7. The molecule has 1 fully saturated rings. The highest BCUT2D eigenvalue weighted by molar-refractivity contribution is 14.0. The summed E-state index contributed by atoms with van der Waals surface area (Å²) in [6, 6.07) is 4.78. The Balaban J connectivity index is 0.00000320. The fourth-order valence-corrected chi connectivity index (χ4v) is 3.15. The van der Waals surface area contributed by atoms with E-state index in [1.807, 2.05) is 31.5 Å². The number of benzene rings is 1. The van der Waals surface area contributed by atoms with Crippen LogP contribution in [0.4, 0.5) is 4.39 Å². The maximum atomic E-state index is 14.1. The van der Waals surface area contributed by atoms with Crippen LogP contribution in [-0.2, 0) is 18.3 Å². The second kappa shape index (κ2) is 11.4. The van der Waals surface area contributed by atoms with E-state index >= 15 is 0 Å². The summed E-state index contributed by atoms with van der Waals surface area (Å²) in [5.41, 5.74) is 0.796. The molecule has 10 heteroatoms. The molecule has 0 saturated carbocycles. The fourth-order valence-electron chi connectivity index (χ4n) is 3.15. The first-order chi connectivity index (χ1) is 14.0. The van der Waals surface area contributed by atoms with E-state index in [0.717, 1.165) is 36.7 Å². The Morgan fingerprint density at radius 1 is 1.43 bits per heavy atom. The molecule has 166 valence electrons. The molecule has 30 heavy (non-hydrogen) atoms. The summed E-state index contributed by atoms with van der Waals surface area (Å²) in [6.07, 6.45) is 2.28. The predicted octanol–water partition coefficient (Wildman–Crippen LogP) is 2.86. The summed E-state index contributed by atoms with van der Waals surface area (Å²) in [5.74, 6) is 2.05. The van der Waals surface area contributed by atoms with Gasteiger partial charge in [0.15, 0.2) is 23.4 Å². The number of aryl methyl sites for hydroxylation is 1. The number of aromatic nitrogens is 3. The van der Waals surface area contributed by atoms with E-state index in [1.54, 1.807) is 6.07 Å². The fraction of sp³-hybridized carbons (Fsp3) is 0.550. The minimum atomic E-state index is -0.390. The number of ether oxygens (including phenoxy) is 2. The minimum Gasteiger partial charge on any atom is -0.494 e. The lowest BCUT2D eigenvalue weighted by atomic mass is 10.1. The summed E-state index contributed by atoms with van der Waals surface area (Å²) >= 11 is 0. The van der Waals surface area contributed by atoms with Gasteiger partial charge < -0.3 is 24.7 Å². The average molecular weight is 532 g/mol. The largest absolute Gasteiger partial charge is 0.494 e. The first-order valence-corrected chi connectivity index (χ1v) is 9.82. The number of hydrogen-bond acceptors (Lipinski definition) is 5. The summed E-state index contributed by atoms with van der Waals surface area (Å²) in [4.78, 5) is 4.65. The Labute approximate surface area is 193 Å². The normalized spacial score (nSPS) is 17.4. The second-order valence-corrected chi connectivity index (χ2v) is 7.16. The molecule has 8 nitrogen and oxygen atoms in total. The van der Waals surface area contributed by atoms with Crippen molar-refractivity contribution >= 4 is 29.9 Å². The van der Waals surface area contributed by atoms with Crippen LogP contribution in [0.25, 0.3) is 0 Å². The standard InChI is InChI=1S/C20H29FN6O2.HI/c1-13(15-7-8-18(28-4)17(21)10-15)24-20(22-11-16-6-5-9-29-16)23-12-19-26-25-14(2)27(19)3;/h7-8,10,13,16H,5-6,9,11-12H2,1-4H3,(H2,22,23,24);1H. The zero-order valence-electron chi connectivity index (χ0n) is 17.8. The molecule has 2 N–H and O–H groups in total. The molecule has 0 radical (unpaired) electrons. The number of nitrogens with zero attached hydrogens (tertiary/aromatic N) is 4. The van der Waals surface area contributed by atoms with Gasteiger partial charge >= 0.3 is 0 Å². The van der Waals surface area contributed by atoms with Gasteiger partial charge in [0.25, 0.3) is 0 Å². The minimum absolute atomic E-state index is 0. The van der Waals surface area contributed by atoms with Crippen molar-refractivity contribution in [1.29, 1.82) is 0 Å². The van der Waals surface area contributed by atoms with Gasteiger partial charge in [-0.25, -0.2) is 9.38 Å². The van der Waals surface area contributed by atoms with Crippen LogP contribution in [-0.4, -0.2) is 47.1 Å². The summed E-state index contributed by atoms with van der Waals surface area (Å²) in [7, 11) is 3.36. The zero-order chi connectivity index (χ0) is 20.8. The Bertz CT molecular complexity index is 854. The lowest BCUT2D eigenvalue weighted by Gasteiger charge is -2.20. The van der Waals surface area contributed by atoms with Gasteiger partial charge in [-0.3, -0.25) is 0 Å². The molecule has 1 aliphatic heterocycles. The number of nitrogens with one attached hydrogen (secondary N) is 2. The molecule has 2 unspecified atom stereocenters. The molecule has 2 heterocycles. The Hall–Kier alpha value is -1.95. The molecule has 0 aliphatic carbocycles. The summed E-state index contributed by atoms with van der Waals surface area (Å²) < 4.78 is 26.7. The number of aliphatic imine (C=N–C) groups is 1. The van der Waals surface area contributed by atoms with Crippen LogP contribution >= 0.6 is 24.0 Å². The Kier molecular flexibility index (Phi) is 9.28. The van der Waals surface area contributed by atoms with E-state index in [2.05, 4.69) is 25.8 Å². The maximum absolute atomic E-state index is 14.1. The highest BCUT2D eigenvalue weighted by Gasteiger charge is 2.17. The van der Waals surface area contributed by atoms with Crippen LogP contribution in [0, 0.1) is 12.7 Å². The van der Waals surface area contributed by atoms with Gasteiger partial charge in [-0.1, -0.05) is 6.07 Å². The highest BCUT2D eigenvalue weighted by atomic mass is 127. The average Bonchev–Trinajstić information content (AvgIpc) is 3.34. The van der Waals surface area contributed by atoms with Crippen molar-refractivity contribution in [3.63, 3.8) is 0 Å². The quantitative estimate of drug-likeness (QED) is 0.324. The third kappa shape index (κ3) is 6.27. The van der Waals surface area contributed by atoms with E-state index in [4.69, 9.17) is 9.47 Å². The lowest BCUT2D eigenvalue weighted by Crippen LogP contribution is -2.42. The number of guanidine groups is 1. The van der Waals surface area contributed by atoms with Gasteiger partial charge in [0.05, 0.1) is 19.3 Å². The molecule has 1 saturated heterocycles. The SMILES string of the molecule is COc1ccc(C(C)NC(=NCc2nnc(C)n2C)NCC2CCCO2)cc1F.I. The van der Waals surface area contributed by atoms with E-state index in [-0.39, 0.29) is 47.7 Å². The predicted molar refractivity (Wildman–Crippen MR) is 124 cm³/mol. The highest BCUT2D eigenvalue weighted by Crippen LogP contribution is 2.21. The van der Waals surface area contributed by atoms with E-state index in [1.165, 1.54) is 13.2 Å². The lowest BCUT2D eigenvalue weighted by molar-refractivity contribution is 0.113. The van der Waals surface area contributed by atoms with E-state index < -0.39 is 0 Å². The Morgan fingerprint density at radius 2 is 2.23 bits per heavy atom. The van der Waals surface area contributed by atoms with Crippen molar-refractivity contribution in [2.24, 2.45) is 12.0 Å². The number of methoxy groups -OCH3 is 1. The molecule has 0 amide bonds.